The normalized spacial score (nSPS) is 12.5. The predicted molar refractivity (Wildman–Crippen MR) is 104 cm³/mol. The van der Waals surface area contributed by atoms with E-state index < -0.39 is 0 Å². The molecule has 2 aromatic rings. The van der Waals surface area contributed by atoms with Gasteiger partial charge in [-0.3, -0.25) is 9.78 Å². The number of aromatic nitrogens is 1. The highest BCUT2D eigenvalue weighted by Crippen LogP contribution is 2.22. The number of fused-ring (bicyclic) bond motifs is 1. The van der Waals surface area contributed by atoms with Crippen molar-refractivity contribution < 1.29 is 14.3 Å². The number of nitrogens with zero attached hydrogens (tertiary/aromatic N) is 2. The molecule has 0 unspecified atom stereocenters. The first-order chi connectivity index (χ1) is 13.1. The molecular weight excluding hydrogens is 389 g/mol. The summed E-state index contributed by atoms with van der Waals surface area (Å²) in [5.74, 6) is 0.453. The Morgan fingerprint density at radius 2 is 2.07 bits per heavy atom. The Balaban J connectivity index is 1.54. The Hall–Kier alpha value is -2.15. The van der Waals surface area contributed by atoms with Crippen molar-refractivity contribution in [1.29, 1.82) is 0 Å². The number of pyridine rings is 1. The minimum Gasteiger partial charge on any atom is -0.475 e. The first-order valence-corrected chi connectivity index (χ1v) is 9.17. The molecule has 3 rings (SSSR count). The van der Waals surface area contributed by atoms with Crippen molar-refractivity contribution in [3.8, 4) is 0 Å². The van der Waals surface area contributed by atoms with Crippen LogP contribution in [0.15, 0.2) is 35.5 Å². The molecule has 0 saturated heterocycles. The Labute approximate surface area is 167 Å². The molecule has 6 nitrogen and oxygen atoms in total. The lowest BCUT2D eigenvalue weighted by atomic mass is 10.1. The molecule has 0 bridgehead atoms. The van der Waals surface area contributed by atoms with Gasteiger partial charge in [-0.1, -0.05) is 29.3 Å². The maximum Gasteiger partial charge on any atom is 0.226 e. The molecule has 0 saturated carbocycles. The maximum atomic E-state index is 12.2. The molecule has 1 aromatic heterocycles. The van der Waals surface area contributed by atoms with E-state index >= 15 is 0 Å². The Morgan fingerprint density at radius 1 is 1.22 bits per heavy atom. The number of aliphatic imine (C=N–C) groups is 1. The Kier molecular flexibility index (Phi) is 6.66. The molecule has 1 aromatic carbocycles. The van der Waals surface area contributed by atoms with Crippen LogP contribution in [-0.4, -0.2) is 37.1 Å². The van der Waals surface area contributed by atoms with Gasteiger partial charge in [-0.25, -0.2) is 4.99 Å². The summed E-state index contributed by atoms with van der Waals surface area (Å²) in [6, 6.07) is 7.16. The van der Waals surface area contributed by atoms with Crippen LogP contribution < -0.4 is 5.32 Å². The third kappa shape index (κ3) is 5.19. The van der Waals surface area contributed by atoms with E-state index in [0.717, 1.165) is 16.7 Å². The van der Waals surface area contributed by atoms with Gasteiger partial charge in [0.25, 0.3) is 0 Å². The number of carbonyl (C=O) groups excluding carboxylic acids is 1. The molecule has 0 aliphatic carbocycles. The predicted octanol–water partition coefficient (Wildman–Crippen LogP) is 3.17. The zero-order valence-electron chi connectivity index (χ0n) is 14.8. The van der Waals surface area contributed by atoms with Crippen molar-refractivity contribution in [3.05, 3.63) is 62.9 Å². The van der Waals surface area contributed by atoms with Gasteiger partial charge >= 0.3 is 0 Å². The highest BCUT2D eigenvalue weighted by molar-refractivity contribution is 6.42. The molecule has 142 valence electrons. The van der Waals surface area contributed by atoms with Gasteiger partial charge in [0.1, 0.15) is 6.61 Å². The van der Waals surface area contributed by atoms with E-state index in [4.69, 9.17) is 32.7 Å². The highest BCUT2D eigenvalue weighted by atomic mass is 35.5. The first-order valence-electron chi connectivity index (χ1n) is 8.42. The van der Waals surface area contributed by atoms with Crippen LogP contribution in [0.2, 0.25) is 10.0 Å². The van der Waals surface area contributed by atoms with Crippen LogP contribution in [0.5, 0.6) is 0 Å². The number of carbonyl (C=O) groups is 1. The summed E-state index contributed by atoms with van der Waals surface area (Å²) in [5, 5.41) is 3.81. The van der Waals surface area contributed by atoms with Gasteiger partial charge in [0.15, 0.2) is 0 Å². The molecule has 0 radical (unpaired) electrons. The second-order valence-corrected chi connectivity index (χ2v) is 6.81. The van der Waals surface area contributed by atoms with E-state index in [1.807, 2.05) is 12.1 Å². The molecule has 2 heterocycles. The summed E-state index contributed by atoms with van der Waals surface area (Å²) in [6.45, 7) is 1.84. The summed E-state index contributed by atoms with van der Waals surface area (Å²) in [6.07, 6.45) is 1.89. The minimum absolute atomic E-state index is 0.121. The number of hydrogen-bond acceptors (Lipinski definition) is 5. The van der Waals surface area contributed by atoms with Gasteiger partial charge in [-0.2, -0.15) is 0 Å². The molecule has 0 fully saturated rings. The number of rotatable bonds is 7. The van der Waals surface area contributed by atoms with E-state index in [9.17, 15) is 4.79 Å². The zero-order chi connectivity index (χ0) is 19.2. The van der Waals surface area contributed by atoms with Gasteiger partial charge in [0, 0.05) is 19.9 Å². The summed E-state index contributed by atoms with van der Waals surface area (Å²) in [7, 11) is 1.62. The Morgan fingerprint density at radius 3 is 2.85 bits per heavy atom. The van der Waals surface area contributed by atoms with Crippen LogP contribution in [0.4, 0.5) is 0 Å². The molecule has 1 amide bonds. The molecule has 1 aliphatic heterocycles. The smallest absolute Gasteiger partial charge is 0.226 e. The van der Waals surface area contributed by atoms with E-state index in [1.165, 1.54) is 0 Å². The van der Waals surface area contributed by atoms with E-state index in [-0.39, 0.29) is 12.3 Å². The third-order valence-corrected chi connectivity index (χ3v) is 4.75. The van der Waals surface area contributed by atoms with Crippen molar-refractivity contribution in [2.24, 2.45) is 4.99 Å². The number of hydrogen-bond donors (Lipinski definition) is 1. The zero-order valence-corrected chi connectivity index (χ0v) is 16.3. The van der Waals surface area contributed by atoms with Crippen molar-refractivity contribution >= 4 is 35.0 Å². The van der Waals surface area contributed by atoms with Crippen molar-refractivity contribution in [3.63, 3.8) is 0 Å². The lowest BCUT2D eigenvalue weighted by molar-refractivity contribution is -0.120. The van der Waals surface area contributed by atoms with Gasteiger partial charge in [0.2, 0.25) is 11.8 Å². The Bertz CT molecular complexity index is 871. The number of benzene rings is 1. The molecule has 0 spiro atoms. The summed E-state index contributed by atoms with van der Waals surface area (Å²) in [5.41, 5.74) is 3.44. The number of nitrogens with one attached hydrogen (secondary N) is 1. The third-order valence-electron chi connectivity index (χ3n) is 4.01. The largest absolute Gasteiger partial charge is 0.475 e. The minimum atomic E-state index is -0.121. The van der Waals surface area contributed by atoms with E-state index in [1.54, 1.807) is 25.4 Å². The average Bonchev–Trinajstić information content (AvgIpc) is 3.05. The lowest BCUT2D eigenvalue weighted by Gasteiger charge is -2.08. The lowest BCUT2D eigenvalue weighted by Crippen LogP contribution is -2.25. The molecular formula is C19H19Cl2N3O3. The monoisotopic (exact) mass is 407 g/mol. The molecule has 8 heteroatoms. The molecule has 27 heavy (non-hydrogen) atoms. The topological polar surface area (TPSA) is 72.8 Å². The van der Waals surface area contributed by atoms with Gasteiger partial charge in [-0.05, 0) is 29.3 Å². The number of ether oxygens (including phenoxy) is 2. The van der Waals surface area contributed by atoms with E-state index in [2.05, 4.69) is 15.3 Å². The SMILES string of the molecule is COCCOC1=NCc2cc(CC(=O)NCc3ccc(Cl)c(Cl)c3)ncc21. The van der Waals surface area contributed by atoms with E-state index in [0.29, 0.717) is 47.9 Å². The first kappa shape index (κ1) is 19.6. The maximum absolute atomic E-state index is 12.2. The van der Waals surface area contributed by atoms with Crippen LogP contribution in [0.3, 0.4) is 0 Å². The van der Waals surface area contributed by atoms with Gasteiger partial charge < -0.3 is 14.8 Å². The standard InChI is InChI=1S/C19H19Cl2N3O3/c1-26-4-5-27-19-15-11-22-14(7-13(15)10-24-19)8-18(25)23-9-12-2-3-16(20)17(21)6-12/h2-3,6-7,11H,4-5,8-10H2,1H3,(H,23,25). The quantitative estimate of drug-likeness (QED) is 0.715. The second kappa shape index (κ2) is 9.17. The van der Waals surface area contributed by atoms with Gasteiger partial charge in [-0.15, -0.1) is 0 Å². The molecule has 1 aliphatic rings. The van der Waals surface area contributed by atoms with Crippen LogP contribution in [-0.2, 0) is 33.8 Å². The fourth-order valence-corrected chi connectivity index (χ4v) is 2.95. The average molecular weight is 408 g/mol. The molecule has 0 atom stereocenters. The fourth-order valence-electron chi connectivity index (χ4n) is 2.63. The van der Waals surface area contributed by atoms with Crippen LogP contribution in [0.25, 0.3) is 0 Å². The highest BCUT2D eigenvalue weighted by Gasteiger charge is 2.19. The fraction of sp³-hybridized carbons (Fsp3) is 0.316. The van der Waals surface area contributed by atoms with Crippen molar-refractivity contribution in [2.45, 2.75) is 19.5 Å². The van der Waals surface area contributed by atoms with Crippen LogP contribution >= 0.6 is 23.2 Å². The second-order valence-electron chi connectivity index (χ2n) is 6.00. The summed E-state index contributed by atoms with van der Waals surface area (Å²) >= 11 is 11.9. The number of amides is 1. The summed E-state index contributed by atoms with van der Waals surface area (Å²) < 4.78 is 10.5. The number of halogens is 2. The van der Waals surface area contributed by atoms with Crippen LogP contribution in [0.1, 0.15) is 22.4 Å². The van der Waals surface area contributed by atoms with Crippen molar-refractivity contribution in [1.82, 2.24) is 10.3 Å². The number of methoxy groups -OCH3 is 1. The van der Waals surface area contributed by atoms with Crippen molar-refractivity contribution in [2.75, 3.05) is 20.3 Å². The van der Waals surface area contributed by atoms with Crippen LogP contribution in [0, 0.1) is 0 Å². The summed E-state index contributed by atoms with van der Waals surface area (Å²) in [4.78, 5) is 20.9. The van der Waals surface area contributed by atoms with Gasteiger partial charge in [0.05, 0.1) is 40.9 Å². The molecule has 1 N–H and O–H groups in total.